The van der Waals surface area contributed by atoms with Crippen LogP contribution in [-0.2, 0) is 14.3 Å². The summed E-state index contributed by atoms with van der Waals surface area (Å²) in [5, 5.41) is 3.03. The third kappa shape index (κ3) is 3.76. The van der Waals surface area contributed by atoms with Crippen molar-refractivity contribution in [3.05, 3.63) is 29.8 Å². The van der Waals surface area contributed by atoms with E-state index in [1.165, 1.54) is 0 Å². The van der Waals surface area contributed by atoms with E-state index < -0.39 is 5.41 Å². The van der Waals surface area contributed by atoms with Gasteiger partial charge in [0.2, 0.25) is 11.8 Å². The molecule has 2 atom stereocenters. The molecule has 3 aliphatic rings. The van der Waals surface area contributed by atoms with Gasteiger partial charge in [0.05, 0.1) is 30.8 Å². The highest BCUT2D eigenvalue weighted by molar-refractivity contribution is 5.98. The zero-order valence-corrected chi connectivity index (χ0v) is 17.4. The van der Waals surface area contributed by atoms with E-state index >= 15 is 0 Å². The molecule has 0 spiro atoms. The largest absolute Gasteiger partial charge is 0.493 e. The maximum atomic E-state index is 13.6. The lowest BCUT2D eigenvalue weighted by molar-refractivity contribution is -0.155. The van der Waals surface area contributed by atoms with Crippen LogP contribution < -0.4 is 10.1 Å². The molecule has 3 fully saturated rings. The number of carbonyl (C=O) groups is 3. The Morgan fingerprint density at radius 2 is 1.97 bits per heavy atom. The molecule has 0 aromatic heterocycles. The number of carbonyl (C=O) groups excluding carboxylic acids is 3. The van der Waals surface area contributed by atoms with Crippen LogP contribution in [0.1, 0.15) is 36.5 Å². The number of rotatable bonds is 4. The van der Waals surface area contributed by atoms with E-state index in [-0.39, 0.29) is 23.8 Å². The van der Waals surface area contributed by atoms with Crippen LogP contribution in [0.3, 0.4) is 0 Å². The summed E-state index contributed by atoms with van der Waals surface area (Å²) < 4.78 is 11.0. The fraction of sp³-hybridized carbons (Fsp3) is 0.591. The lowest BCUT2D eigenvalue weighted by atomic mass is 9.68. The van der Waals surface area contributed by atoms with Gasteiger partial charge in [0.1, 0.15) is 5.75 Å². The summed E-state index contributed by atoms with van der Waals surface area (Å²) in [6.45, 7) is 5.26. The zero-order chi connectivity index (χ0) is 21.1. The Hall–Kier alpha value is -2.61. The maximum absolute atomic E-state index is 13.6. The number of nitrogens with zero attached hydrogens (tertiary/aromatic N) is 2. The first-order chi connectivity index (χ1) is 14.5. The molecular weight excluding hydrogens is 386 g/mol. The average molecular weight is 415 g/mol. The third-order valence-electron chi connectivity index (χ3n) is 6.39. The van der Waals surface area contributed by atoms with Crippen molar-refractivity contribution in [3.8, 4) is 5.75 Å². The van der Waals surface area contributed by atoms with Gasteiger partial charge in [-0.25, -0.2) is 0 Å². The smallest absolute Gasteiger partial charge is 0.257 e. The zero-order valence-electron chi connectivity index (χ0n) is 17.4. The Balaban J connectivity index is 1.61. The highest BCUT2D eigenvalue weighted by Crippen LogP contribution is 2.40. The van der Waals surface area contributed by atoms with E-state index in [9.17, 15) is 14.4 Å². The van der Waals surface area contributed by atoms with Crippen LogP contribution in [-0.4, -0.2) is 79.6 Å². The molecule has 8 nitrogen and oxygen atoms in total. The van der Waals surface area contributed by atoms with Crippen molar-refractivity contribution in [2.24, 2.45) is 5.41 Å². The molecule has 1 N–H and O–H groups in total. The van der Waals surface area contributed by atoms with Crippen molar-refractivity contribution in [1.29, 1.82) is 0 Å². The topological polar surface area (TPSA) is 88.2 Å². The molecule has 1 aromatic carbocycles. The van der Waals surface area contributed by atoms with Crippen LogP contribution in [0, 0.1) is 5.41 Å². The van der Waals surface area contributed by atoms with E-state index in [1.54, 1.807) is 17.0 Å². The third-order valence-corrected chi connectivity index (χ3v) is 6.39. The standard InChI is InChI=1S/C22H29N3O5/c1-2-30-17-6-4-3-5-16(17)20(27)25-10-8-18-22(15-25,9-7-19(26)23-18)21(28)24-11-13-29-14-12-24/h3-6,18H,2,7-15H2,1H3,(H,23,26)/t18-,22+/m1/s1. The highest BCUT2D eigenvalue weighted by atomic mass is 16.5. The monoisotopic (exact) mass is 415 g/mol. The second-order valence-corrected chi connectivity index (χ2v) is 8.13. The van der Waals surface area contributed by atoms with Crippen LogP contribution in [0.25, 0.3) is 0 Å². The average Bonchev–Trinajstić information content (AvgIpc) is 2.79. The summed E-state index contributed by atoms with van der Waals surface area (Å²) in [4.78, 5) is 42.7. The van der Waals surface area contributed by atoms with E-state index in [1.807, 2.05) is 24.0 Å². The Labute approximate surface area is 176 Å². The Kier molecular flexibility index (Phi) is 5.94. The number of piperidine rings is 2. The molecule has 8 heteroatoms. The second kappa shape index (κ2) is 8.63. The first kappa shape index (κ1) is 20.7. The molecule has 3 aliphatic heterocycles. The van der Waals surface area contributed by atoms with Gasteiger partial charge in [0.15, 0.2) is 0 Å². The molecule has 3 amide bonds. The minimum absolute atomic E-state index is 0.0198. The van der Waals surface area contributed by atoms with Crippen LogP contribution in [0.2, 0.25) is 0 Å². The fourth-order valence-electron chi connectivity index (χ4n) is 4.83. The Morgan fingerprint density at radius 3 is 2.73 bits per heavy atom. The van der Waals surface area contributed by atoms with Gasteiger partial charge in [-0.15, -0.1) is 0 Å². The van der Waals surface area contributed by atoms with Gasteiger partial charge in [-0.05, 0) is 31.9 Å². The second-order valence-electron chi connectivity index (χ2n) is 8.13. The number of benzene rings is 1. The Morgan fingerprint density at radius 1 is 1.20 bits per heavy atom. The van der Waals surface area contributed by atoms with Crippen molar-refractivity contribution in [2.45, 2.75) is 32.2 Å². The van der Waals surface area contributed by atoms with Crippen LogP contribution in [0.4, 0.5) is 0 Å². The summed E-state index contributed by atoms with van der Waals surface area (Å²) in [5.74, 6) is 0.416. The number of hydrogen-bond acceptors (Lipinski definition) is 5. The minimum atomic E-state index is -0.792. The molecule has 162 valence electrons. The lowest BCUT2D eigenvalue weighted by Crippen LogP contribution is -2.67. The highest BCUT2D eigenvalue weighted by Gasteiger charge is 2.54. The predicted molar refractivity (Wildman–Crippen MR) is 109 cm³/mol. The summed E-state index contributed by atoms with van der Waals surface area (Å²) in [7, 11) is 0. The van der Waals surface area contributed by atoms with E-state index in [4.69, 9.17) is 9.47 Å². The van der Waals surface area contributed by atoms with E-state index in [0.29, 0.717) is 76.6 Å². The van der Waals surface area contributed by atoms with Gasteiger partial charge in [0, 0.05) is 38.6 Å². The number of fused-ring (bicyclic) bond motifs is 1. The molecular formula is C22H29N3O5. The number of nitrogens with one attached hydrogen (secondary N) is 1. The first-order valence-electron chi connectivity index (χ1n) is 10.7. The van der Waals surface area contributed by atoms with Crippen LogP contribution in [0.15, 0.2) is 24.3 Å². The summed E-state index contributed by atoms with van der Waals surface area (Å²) in [6, 6.07) is 6.96. The number of ether oxygens (including phenoxy) is 2. The lowest BCUT2D eigenvalue weighted by Gasteiger charge is -2.51. The summed E-state index contributed by atoms with van der Waals surface area (Å²) >= 11 is 0. The van der Waals surface area contributed by atoms with Crippen molar-refractivity contribution < 1.29 is 23.9 Å². The van der Waals surface area contributed by atoms with Crippen LogP contribution >= 0.6 is 0 Å². The maximum Gasteiger partial charge on any atom is 0.257 e. The number of morpholine rings is 1. The Bertz CT molecular complexity index is 823. The number of likely N-dealkylation sites (tertiary alicyclic amines) is 1. The fourth-order valence-corrected chi connectivity index (χ4v) is 4.83. The normalized spacial score (nSPS) is 26.6. The van der Waals surface area contributed by atoms with Crippen LogP contribution in [0.5, 0.6) is 5.75 Å². The first-order valence-corrected chi connectivity index (χ1v) is 10.7. The quantitative estimate of drug-likeness (QED) is 0.794. The van der Waals surface area contributed by atoms with E-state index in [2.05, 4.69) is 5.32 Å². The van der Waals surface area contributed by atoms with Crippen molar-refractivity contribution in [2.75, 3.05) is 46.0 Å². The molecule has 0 radical (unpaired) electrons. The number of amides is 3. The summed E-state index contributed by atoms with van der Waals surface area (Å²) in [5.41, 5.74) is -0.286. The van der Waals surface area contributed by atoms with Crippen molar-refractivity contribution in [3.63, 3.8) is 0 Å². The SMILES string of the molecule is CCOc1ccccc1C(=O)N1CC[C@H]2NC(=O)CC[C@]2(C(=O)N2CCOCC2)C1. The minimum Gasteiger partial charge on any atom is -0.493 e. The number of para-hydroxylation sites is 1. The van der Waals surface area contributed by atoms with Gasteiger partial charge >= 0.3 is 0 Å². The molecule has 3 saturated heterocycles. The van der Waals surface area contributed by atoms with Crippen molar-refractivity contribution >= 4 is 17.7 Å². The predicted octanol–water partition coefficient (Wildman–Crippen LogP) is 1.06. The molecule has 0 saturated carbocycles. The van der Waals surface area contributed by atoms with Gasteiger partial charge in [-0.1, -0.05) is 12.1 Å². The van der Waals surface area contributed by atoms with Gasteiger partial charge < -0.3 is 24.6 Å². The van der Waals surface area contributed by atoms with Gasteiger partial charge in [0.25, 0.3) is 5.91 Å². The van der Waals surface area contributed by atoms with Gasteiger partial charge in [-0.2, -0.15) is 0 Å². The van der Waals surface area contributed by atoms with Crippen molar-refractivity contribution in [1.82, 2.24) is 15.1 Å². The van der Waals surface area contributed by atoms with Gasteiger partial charge in [-0.3, -0.25) is 14.4 Å². The molecule has 0 bridgehead atoms. The molecule has 0 aliphatic carbocycles. The molecule has 1 aromatic rings. The molecule has 3 heterocycles. The van der Waals surface area contributed by atoms with E-state index in [0.717, 1.165) is 0 Å². The molecule has 0 unspecified atom stereocenters. The number of hydrogen-bond donors (Lipinski definition) is 1. The summed E-state index contributed by atoms with van der Waals surface area (Å²) in [6.07, 6.45) is 1.31. The molecule has 30 heavy (non-hydrogen) atoms. The molecule has 4 rings (SSSR count).